The molecule has 3 fully saturated rings. The zero-order chi connectivity index (χ0) is 33.7. The number of aryl methyl sites for hydroxylation is 1. The summed E-state index contributed by atoms with van der Waals surface area (Å²) in [6.45, 7) is 11.8. The third-order valence-corrected chi connectivity index (χ3v) is 8.96. The number of piperazine rings is 1. The van der Waals surface area contributed by atoms with Crippen LogP contribution in [0.3, 0.4) is 0 Å². The molecule has 2 aromatic rings. The molecule has 0 saturated carbocycles. The van der Waals surface area contributed by atoms with E-state index in [1.165, 1.54) is 0 Å². The van der Waals surface area contributed by atoms with E-state index in [1.54, 1.807) is 12.4 Å². The summed E-state index contributed by atoms with van der Waals surface area (Å²) in [4.78, 5) is 58.0. The number of aliphatic hydroxyl groups is 2. The fraction of sp³-hybridized carbons (Fsp3) is 0.636. The molecule has 47 heavy (non-hydrogen) atoms. The molecule has 4 unspecified atom stereocenters. The van der Waals surface area contributed by atoms with Crippen LogP contribution in [0.15, 0.2) is 24.5 Å². The summed E-state index contributed by atoms with van der Waals surface area (Å²) in [7, 11) is 0. The fourth-order valence-corrected chi connectivity index (χ4v) is 6.23. The van der Waals surface area contributed by atoms with Gasteiger partial charge < -0.3 is 40.3 Å². The lowest BCUT2D eigenvalue weighted by molar-refractivity contribution is -0.133. The number of hydrogen-bond donors (Lipinski definition) is 4. The van der Waals surface area contributed by atoms with E-state index < -0.39 is 23.7 Å². The number of aromatic nitrogens is 3. The van der Waals surface area contributed by atoms with Crippen LogP contribution in [-0.4, -0.2) is 136 Å². The molecule has 256 valence electrons. The van der Waals surface area contributed by atoms with Gasteiger partial charge in [0, 0.05) is 81.4 Å². The minimum absolute atomic E-state index is 0.0123. The van der Waals surface area contributed by atoms with Crippen LogP contribution in [-0.2, 0) is 16.0 Å². The first-order valence-corrected chi connectivity index (χ1v) is 16.6. The van der Waals surface area contributed by atoms with E-state index >= 15 is 0 Å². The van der Waals surface area contributed by atoms with Crippen LogP contribution in [0, 0.1) is 5.41 Å². The number of ketones is 1. The van der Waals surface area contributed by atoms with Gasteiger partial charge in [-0.05, 0) is 31.4 Å². The number of fused-ring (bicyclic) bond motifs is 1. The SMILES string of the molecule is CCc1nc(-c2cnc(N3CCN4C(=O)N(CCCNC(=O)CNCC5OCCC(O)C5O)CC4C3)nc2)ccc1C(=O)C(C)(C)C. The van der Waals surface area contributed by atoms with Crippen LogP contribution in [0.4, 0.5) is 10.7 Å². The van der Waals surface area contributed by atoms with Crippen LogP contribution in [0.5, 0.6) is 0 Å². The number of Topliss-reactive ketones (excluding diaryl/α,β-unsaturated/α-hetero) is 1. The highest BCUT2D eigenvalue weighted by atomic mass is 16.5. The molecule has 0 aliphatic carbocycles. The highest BCUT2D eigenvalue weighted by Crippen LogP contribution is 2.27. The second-order valence-corrected chi connectivity index (χ2v) is 13.5. The quantitative estimate of drug-likeness (QED) is 0.189. The molecule has 14 heteroatoms. The Labute approximate surface area is 275 Å². The van der Waals surface area contributed by atoms with E-state index in [9.17, 15) is 24.6 Å². The number of urea groups is 1. The maximum Gasteiger partial charge on any atom is 0.320 e. The zero-order valence-corrected chi connectivity index (χ0v) is 27.8. The first-order chi connectivity index (χ1) is 22.5. The molecule has 0 bridgehead atoms. The van der Waals surface area contributed by atoms with Gasteiger partial charge in [0.25, 0.3) is 0 Å². The van der Waals surface area contributed by atoms with Crippen LogP contribution in [0.1, 0.15) is 56.6 Å². The van der Waals surface area contributed by atoms with Gasteiger partial charge in [-0.1, -0.05) is 27.7 Å². The van der Waals surface area contributed by atoms with Gasteiger partial charge in [-0.25, -0.2) is 14.8 Å². The van der Waals surface area contributed by atoms with Crippen molar-refractivity contribution in [3.63, 3.8) is 0 Å². The van der Waals surface area contributed by atoms with E-state index in [1.807, 2.05) is 49.6 Å². The lowest BCUT2D eigenvalue weighted by Crippen LogP contribution is -2.52. The smallest absolute Gasteiger partial charge is 0.320 e. The van der Waals surface area contributed by atoms with E-state index in [4.69, 9.17) is 9.72 Å². The van der Waals surface area contributed by atoms with E-state index in [0.717, 1.165) is 17.0 Å². The Kier molecular flexibility index (Phi) is 11.1. The lowest BCUT2D eigenvalue weighted by Gasteiger charge is -2.36. The summed E-state index contributed by atoms with van der Waals surface area (Å²) in [6, 6.07) is 3.74. The van der Waals surface area contributed by atoms with Gasteiger partial charge in [-0.2, -0.15) is 0 Å². The molecule has 3 aliphatic rings. The number of pyridine rings is 1. The molecule has 4 atom stereocenters. The van der Waals surface area contributed by atoms with Gasteiger partial charge in [-0.15, -0.1) is 0 Å². The van der Waals surface area contributed by atoms with Crippen molar-refractivity contribution < 1.29 is 29.3 Å². The number of aliphatic hydroxyl groups excluding tert-OH is 2. The molecule has 14 nitrogen and oxygen atoms in total. The fourth-order valence-electron chi connectivity index (χ4n) is 6.23. The second kappa shape index (κ2) is 15.0. The van der Waals surface area contributed by atoms with Gasteiger partial charge in [-0.3, -0.25) is 14.6 Å². The maximum atomic E-state index is 13.1. The number of hydrogen-bond acceptors (Lipinski definition) is 11. The van der Waals surface area contributed by atoms with Crippen LogP contribution in [0.25, 0.3) is 11.3 Å². The van der Waals surface area contributed by atoms with Crippen molar-refractivity contribution in [3.05, 3.63) is 35.8 Å². The number of carbonyl (C=O) groups excluding carboxylic acids is 3. The molecule has 4 N–H and O–H groups in total. The van der Waals surface area contributed by atoms with E-state index in [-0.39, 0.29) is 36.9 Å². The molecule has 5 rings (SSSR count). The minimum Gasteiger partial charge on any atom is -0.390 e. The topological polar surface area (TPSA) is 173 Å². The standard InChI is InChI=1S/C33H48N8O6/c1-5-24-23(30(45)33(2,3)4)7-8-25(38-24)21-15-36-31(37-16-21)39-12-13-41-22(19-39)20-40(32(41)46)11-6-10-35-28(43)18-34-17-27-29(44)26(42)9-14-47-27/h7-8,15-16,22,26-27,29,34,42,44H,5-6,9-14,17-20H2,1-4H3,(H,35,43). The Hall–Kier alpha value is -3.72. The predicted octanol–water partition coefficient (Wildman–Crippen LogP) is 0.863. The number of rotatable bonds is 12. The molecule has 3 saturated heterocycles. The van der Waals surface area contributed by atoms with Crippen molar-refractivity contribution in [2.75, 3.05) is 63.9 Å². The molecule has 0 aromatic carbocycles. The summed E-state index contributed by atoms with van der Waals surface area (Å²) in [5, 5.41) is 25.6. The summed E-state index contributed by atoms with van der Waals surface area (Å²) < 4.78 is 5.46. The third kappa shape index (κ3) is 8.23. The van der Waals surface area contributed by atoms with Crippen molar-refractivity contribution >= 4 is 23.7 Å². The van der Waals surface area contributed by atoms with Crippen molar-refractivity contribution in [1.82, 2.24) is 35.4 Å². The number of anilines is 1. The Morgan fingerprint density at radius 3 is 2.60 bits per heavy atom. The molecule has 0 radical (unpaired) electrons. The van der Waals surface area contributed by atoms with Gasteiger partial charge >= 0.3 is 6.03 Å². The zero-order valence-electron chi connectivity index (χ0n) is 27.8. The van der Waals surface area contributed by atoms with Crippen molar-refractivity contribution in [3.8, 4) is 11.3 Å². The summed E-state index contributed by atoms with van der Waals surface area (Å²) in [5.41, 5.74) is 2.44. The lowest BCUT2D eigenvalue weighted by atomic mass is 9.85. The Balaban J connectivity index is 1.06. The monoisotopic (exact) mass is 652 g/mol. The second-order valence-electron chi connectivity index (χ2n) is 13.5. The van der Waals surface area contributed by atoms with Crippen molar-refractivity contribution in [1.29, 1.82) is 0 Å². The first kappa shape index (κ1) is 34.6. The number of nitrogens with one attached hydrogen (secondary N) is 2. The molecule has 5 heterocycles. The molecule has 0 spiro atoms. The molecular formula is C33H48N8O6. The van der Waals surface area contributed by atoms with Crippen LogP contribution < -0.4 is 15.5 Å². The van der Waals surface area contributed by atoms with Crippen molar-refractivity contribution in [2.24, 2.45) is 5.41 Å². The molecule has 2 aromatic heterocycles. The highest BCUT2D eigenvalue weighted by molar-refractivity contribution is 6.01. The van der Waals surface area contributed by atoms with Gasteiger partial charge in [0.1, 0.15) is 6.10 Å². The maximum absolute atomic E-state index is 13.1. The van der Waals surface area contributed by atoms with Gasteiger partial charge in [0.15, 0.2) is 5.78 Å². The Morgan fingerprint density at radius 1 is 1.11 bits per heavy atom. The van der Waals surface area contributed by atoms with E-state index in [0.29, 0.717) is 76.6 Å². The van der Waals surface area contributed by atoms with Gasteiger partial charge in [0.2, 0.25) is 11.9 Å². The summed E-state index contributed by atoms with van der Waals surface area (Å²) in [6.07, 6.45) is 2.87. The average Bonchev–Trinajstić information content (AvgIpc) is 3.38. The molecular weight excluding hydrogens is 604 g/mol. The molecule has 3 amide bonds. The van der Waals surface area contributed by atoms with Crippen LogP contribution >= 0.6 is 0 Å². The predicted molar refractivity (Wildman–Crippen MR) is 175 cm³/mol. The molecule has 3 aliphatic heterocycles. The van der Waals surface area contributed by atoms with Gasteiger partial charge in [0.05, 0.1) is 36.2 Å². The average molecular weight is 653 g/mol. The largest absolute Gasteiger partial charge is 0.390 e. The van der Waals surface area contributed by atoms with Crippen LogP contribution in [0.2, 0.25) is 0 Å². The third-order valence-electron chi connectivity index (χ3n) is 8.96. The summed E-state index contributed by atoms with van der Waals surface area (Å²) in [5.74, 6) is 0.494. The van der Waals surface area contributed by atoms with Crippen molar-refractivity contribution in [2.45, 2.75) is 71.3 Å². The normalized spacial score (nSPS) is 23.2. The Bertz CT molecular complexity index is 1420. The number of nitrogens with zero attached hydrogens (tertiary/aromatic N) is 6. The number of ether oxygens (including phenoxy) is 1. The van der Waals surface area contributed by atoms with E-state index in [2.05, 4.69) is 25.5 Å². The number of carbonyl (C=O) groups is 3. The summed E-state index contributed by atoms with van der Waals surface area (Å²) >= 11 is 0. The highest BCUT2D eigenvalue weighted by Gasteiger charge is 2.41. The minimum atomic E-state index is -0.967. The number of amides is 3. The first-order valence-electron chi connectivity index (χ1n) is 16.6. The Morgan fingerprint density at radius 2 is 1.87 bits per heavy atom.